The van der Waals surface area contributed by atoms with Crippen LogP contribution < -0.4 is 10.6 Å². The maximum Gasteiger partial charge on any atom is 0.411 e. The summed E-state index contributed by atoms with van der Waals surface area (Å²) in [5.74, 6) is -0.304. The predicted octanol–water partition coefficient (Wildman–Crippen LogP) is 5.66. The first-order valence-corrected chi connectivity index (χ1v) is 14.5. The molecule has 11 nitrogen and oxygen atoms in total. The summed E-state index contributed by atoms with van der Waals surface area (Å²) in [6.07, 6.45) is 6.28. The molecule has 0 fully saturated rings. The monoisotopic (exact) mass is 698 g/mol. The molecule has 2 aromatic heterocycles. The smallest absolute Gasteiger partial charge is 0.411 e. The Morgan fingerprint density at radius 1 is 1.05 bits per heavy atom. The van der Waals surface area contributed by atoms with E-state index in [1.165, 1.54) is 19.5 Å². The van der Waals surface area contributed by atoms with Gasteiger partial charge in [-0.2, -0.15) is 14.9 Å². The van der Waals surface area contributed by atoms with Crippen LogP contribution in [0.3, 0.4) is 0 Å². The number of anilines is 1. The number of hydrogen-bond donors (Lipinski definition) is 2. The molecule has 0 bridgehead atoms. The Labute approximate surface area is 267 Å². The minimum absolute atomic E-state index is 0.304. The fraction of sp³-hybridized carbons (Fsp3) is 0.0938. The summed E-state index contributed by atoms with van der Waals surface area (Å²) < 4.78 is 7.21. The quantitative estimate of drug-likeness (QED) is 0.141. The molecule has 2 amide bonds. The highest BCUT2D eigenvalue weighted by Crippen LogP contribution is 2.28. The molecule has 5 rings (SSSR count). The highest BCUT2D eigenvalue weighted by atomic mass is 127. The van der Waals surface area contributed by atoms with Gasteiger partial charge in [-0.25, -0.2) is 4.79 Å². The van der Waals surface area contributed by atoms with E-state index < -0.39 is 12.1 Å². The van der Waals surface area contributed by atoms with Crippen LogP contribution in [0.25, 0.3) is 29.0 Å². The fourth-order valence-corrected chi connectivity index (χ4v) is 4.99. The van der Waals surface area contributed by atoms with Crippen LogP contribution in [0.4, 0.5) is 10.5 Å². The molecular weight excluding hydrogens is 671 g/mol. The summed E-state index contributed by atoms with van der Waals surface area (Å²) in [5.41, 5.74) is 5.91. The number of halogens is 1. The summed E-state index contributed by atoms with van der Waals surface area (Å²) in [6, 6.07) is 24.3. The maximum atomic E-state index is 13.3. The third-order valence-corrected chi connectivity index (χ3v) is 7.29. The van der Waals surface area contributed by atoms with E-state index in [0.29, 0.717) is 23.5 Å². The van der Waals surface area contributed by atoms with Crippen LogP contribution in [0.2, 0.25) is 0 Å². The number of amides is 2. The average Bonchev–Trinajstić information content (AvgIpc) is 3.59. The van der Waals surface area contributed by atoms with Gasteiger partial charge in [-0.3, -0.25) is 10.1 Å². The second kappa shape index (κ2) is 14.3. The number of rotatable bonds is 10. The van der Waals surface area contributed by atoms with Crippen LogP contribution in [0, 0.1) is 3.57 Å². The molecule has 5 aromatic rings. The summed E-state index contributed by atoms with van der Waals surface area (Å²) in [5, 5.41) is 26.1. The molecule has 0 aliphatic heterocycles. The van der Waals surface area contributed by atoms with E-state index in [-0.39, 0.29) is 5.91 Å². The summed E-state index contributed by atoms with van der Waals surface area (Å²) in [7, 11) is 1.31. The van der Waals surface area contributed by atoms with Crippen molar-refractivity contribution in [2.75, 3.05) is 12.4 Å². The Balaban J connectivity index is 1.44. The van der Waals surface area contributed by atoms with Crippen LogP contribution in [-0.2, 0) is 16.0 Å². The van der Waals surface area contributed by atoms with E-state index in [1.807, 2.05) is 66.7 Å². The van der Waals surface area contributed by atoms with Crippen molar-refractivity contribution in [3.8, 4) is 16.8 Å². The lowest BCUT2D eigenvalue weighted by Gasteiger charge is -2.19. The third kappa shape index (κ3) is 7.58. The van der Waals surface area contributed by atoms with Crippen molar-refractivity contribution in [3.63, 3.8) is 0 Å². The number of hydrogen-bond acceptors (Lipinski definition) is 8. The van der Waals surface area contributed by atoms with Crippen molar-refractivity contribution >= 4 is 52.4 Å². The van der Waals surface area contributed by atoms with Gasteiger partial charge in [0.05, 0.1) is 30.2 Å². The molecule has 0 aliphatic carbocycles. The molecule has 2 heterocycles. The van der Waals surface area contributed by atoms with Gasteiger partial charge in [0.2, 0.25) is 5.91 Å². The Kier molecular flexibility index (Phi) is 9.81. The van der Waals surface area contributed by atoms with Gasteiger partial charge in [-0.1, -0.05) is 49.0 Å². The topological polar surface area (TPSA) is 137 Å². The van der Waals surface area contributed by atoms with E-state index >= 15 is 0 Å². The molecular formula is C32H27IN8O3. The van der Waals surface area contributed by atoms with Crippen LogP contribution in [0.15, 0.2) is 97.8 Å². The molecule has 0 radical (unpaired) electrons. The zero-order valence-electron chi connectivity index (χ0n) is 23.6. The first kappa shape index (κ1) is 30.2. The molecule has 2 N–H and O–H groups in total. The second-order valence-corrected chi connectivity index (χ2v) is 10.8. The van der Waals surface area contributed by atoms with Crippen LogP contribution in [0.1, 0.15) is 28.6 Å². The normalized spacial score (nSPS) is 11.6. The zero-order valence-corrected chi connectivity index (χ0v) is 25.8. The van der Waals surface area contributed by atoms with E-state index in [4.69, 9.17) is 0 Å². The van der Waals surface area contributed by atoms with Crippen molar-refractivity contribution < 1.29 is 14.3 Å². The number of benzene rings is 3. The van der Waals surface area contributed by atoms with Crippen LogP contribution in [-0.4, -0.2) is 49.5 Å². The molecule has 1 atom stereocenters. The van der Waals surface area contributed by atoms with E-state index in [9.17, 15) is 9.59 Å². The lowest BCUT2D eigenvalue weighted by atomic mass is 9.98. The zero-order chi connectivity index (χ0) is 30.9. The van der Waals surface area contributed by atoms with Gasteiger partial charge in [0.1, 0.15) is 6.33 Å². The molecule has 12 heteroatoms. The molecule has 0 aliphatic rings. The van der Waals surface area contributed by atoms with E-state index in [1.54, 1.807) is 29.0 Å². The van der Waals surface area contributed by atoms with Crippen molar-refractivity contribution in [2.45, 2.75) is 12.5 Å². The van der Waals surface area contributed by atoms with Gasteiger partial charge >= 0.3 is 6.09 Å². The Bertz CT molecular complexity index is 1790. The number of methoxy groups -OCH3 is 1. The van der Waals surface area contributed by atoms with Gasteiger partial charge in [0, 0.05) is 26.5 Å². The molecule has 220 valence electrons. The van der Waals surface area contributed by atoms with Crippen molar-refractivity contribution in [3.05, 3.63) is 124 Å². The molecule has 0 unspecified atom stereocenters. The SMILES string of the molecule is C=Cc1nnc([C@H](Cc2ccccc2)NC(=O)/C=C/c2cc(I)ccc2-n2cnnn2)cc1-c1ccc(NC(=O)OC)cc1. The number of carbonyl (C=O) groups excluding carboxylic acids is 2. The number of nitrogens with zero attached hydrogens (tertiary/aromatic N) is 6. The van der Waals surface area contributed by atoms with Gasteiger partial charge in [0.25, 0.3) is 0 Å². The first-order valence-electron chi connectivity index (χ1n) is 13.4. The largest absolute Gasteiger partial charge is 0.453 e. The van der Waals surface area contributed by atoms with Crippen molar-refractivity contribution in [1.82, 2.24) is 35.7 Å². The van der Waals surface area contributed by atoms with Gasteiger partial charge < -0.3 is 10.1 Å². The minimum Gasteiger partial charge on any atom is -0.453 e. The number of tetrazole rings is 1. The number of carbonyl (C=O) groups is 2. The highest BCUT2D eigenvalue weighted by molar-refractivity contribution is 14.1. The van der Waals surface area contributed by atoms with Crippen LogP contribution in [0.5, 0.6) is 0 Å². The molecule has 3 aromatic carbocycles. The Morgan fingerprint density at radius 3 is 2.55 bits per heavy atom. The fourth-order valence-electron chi connectivity index (χ4n) is 4.47. The Hall–Kier alpha value is -5.24. The average molecular weight is 699 g/mol. The summed E-state index contributed by atoms with van der Waals surface area (Å²) >= 11 is 2.22. The molecule has 44 heavy (non-hydrogen) atoms. The highest BCUT2D eigenvalue weighted by Gasteiger charge is 2.19. The molecule has 0 saturated carbocycles. The number of ether oxygens (including phenoxy) is 1. The standard InChI is InChI=1S/C32H27IN8O3/c1-3-27-26(22-9-13-25(14-10-22)35-32(43)44-2)19-29(38-37-27)28(17-21-7-5-4-6-8-21)36-31(42)16-11-23-18-24(33)12-15-30(23)41-20-34-39-40-41/h3-16,18-20,28H,1,17H2,2H3,(H,35,43)(H,36,42)/b16-11+/t28-/m0/s1. The number of aromatic nitrogens is 6. The van der Waals surface area contributed by atoms with E-state index in [0.717, 1.165) is 31.5 Å². The van der Waals surface area contributed by atoms with E-state index in [2.05, 4.69) is 70.3 Å². The Morgan fingerprint density at radius 2 is 1.84 bits per heavy atom. The number of nitrogens with one attached hydrogen (secondary N) is 2. The lowest BCUT2D eigenvalue weighted by molar-refractivity contribution is -0.117. The maximum absolute atomic E-state index is 13.3. The van der Waals surface area contributed by atoms with Gasteiger partial charge in [-0.15, -0.1) is 5.10 Å². The first-order chi connectivity index (χ1) is 21.4. The lowest BCUT2D eigenvalue weighted by Crippen LogP contribution is -2.29. The molecule has 0 spiro atoms. The summed E-state index contributed by atoms with van der Waals surface area (Å²) in [6.45, 7) is 3.89. The second-order valence-electron chi connectivity index (χ2n) is 9.51. The van der Waals surface area contributed by atoms with Gasteiger partial charge in [-0.05, 0) is 99.1 Å². The van der Waals surface area contributed by atoms with Crippen molar-refractivity contribution in [2.24, 2.45) is 0 Å². The molecule has 0 saturated heterocycles. The van der Waals surface area contributed by atoms with Gasteiger partial charge in [0.15, 0.2) is 0 Å². The summed E-state index contributed by atoms with van der Waals surface area (Å²) in [4.78, 5) is 24.9. The third-order valence-electron chi connectivity index (χ3n) is 6.62. The van der Waals surface area contributed by atoms with Crippen LogP contribution >= 0.6 is 22.6 Å². The van der Waals surface area contributed by atoms with Crippen molar-refractivity contribution in [1.29, 1.82) is 0 Å². The predicted molar refractivity (Wildman–Crippen MR) is 176 cm³/mol. The minimum atomic E-state index is -0.556.